The van der Waals surface area contributed by atoms with Crippen LogP contribution in [-0.2, 0) is 0 Å². The van der Waals surface area contributed by atoms with Crippen molar-refractivity contribution in [1.82, 2.24) is 9.97 Å². The average molecular weight is 376 g/mol. The van der Waals surface area contributed by atoms with Crippen LogP contribution in [0.5, 0.6) is 0 Å². The van der Waals surface area contributed by atoms with Gasteiger partial charge >= 0.3 is 0 Å². The molecule has 0 spiro atoms. The molecule has 28 heavy (non-hydrogen) atoms. The third-order valence-electron chi connectivity index (χ3n) is 4.66. The first-order valence-electron chi connectivity index (χ1n) is 10.2. The molecule has 2 heterocycles. The van der Waals surface area contributed by atoms with Crippen LogP contribution in [-0.4, -0.2) is 29.3 Å². The number of anilines is 2. The van der Waals surface area contributed by atoms with E-state index >= 15 is 0 Å². The molecule has 0 radical (unpaired) electrons. The summed E-state index contributed by atoms with van der Waals surface area (Å²) >= 11 is 0. The average Bonchev–Trinajstić information content (AvgIpc) is 2.76. The summed E-state index contributed by atoms with van der Waals surface area (Å²) in [5.74, 6) is 1.54. The van der Waals surface area contributed by atoms with Gasteiger partial charge in [-0.05, 0) is 43.9 Å². The minimum atomic E-state index is 0.750. The Kier molecular flexibility index (Phi) is 6.95. The van der Waals surface area contributed by atoms with Crippen LogP contribution in [0.1, 0.15) is 44.2 Å². The van der Waals surface area contributed by atoms with Crippen LogP contribution < -0.4 is 10.3 Å². The smallest absolute Gasteiger partial charge is 0.227 e. The minimum Gasteiger partial charge on any atom is -0.341 e. The van der Waals surface area contributed by atoms with Gasteiger partial charge in [0.1, 0.15) is 0 Å². The summed E-state index contributed by atoms with van der Waals surface area (Å²) < 4.78 is 0. The Bertz CT molecular complexity index is 929. The van der Waals surface area contributed by atoms with Crippen LogP contribution in [0.15, 0.2) is 53.6 Å². The van der Waals surface area contributed by atoms with Crippen LogP contribution in [0.4, 0.5) is 11.8 Å². The lowest BCUT2D eigenvalue weighted by atomic mass is 10.1. The molecule has 1 aliphatic heterocycles. The number of hydrazone groups is 1. The van der Waals surface area contributed by atoms with E-state index in [1.54, 1.807) is 0 Å². The lowest BCUT2D eigenvalue weighted by Gasteiger charge is -2.27. The van der Waals surface area contributed by atoms with Crippen LogP contribution in [0.2, 0.25) is 0 Å². The molecule has 1 saturated heterocycles. The van der Waals surface area contributed by atoms with Crippen LogP contribution in [0.25, 0.3) is 10.9 Å². The quantitative estimate of drug-likeness (QED) is 0.490. The van der Waals surface area contributed by atoms with E-state index in [1.165, 1.54) is 24.8 Å². The molecule has 1 N–H and O–H groups in total. The van der Waals surface area contributed by atoms with Gasteiger partial charge < -0.3 is 4.90 Å². The number of nitrogens with one attached hydrogen (secondary N) is 1. The van der Waals surface area contributed by atoms with Crippen molar-refractivity contribution in [3.8, 4) is 0 Å². The summed E-state index contributed by atoms with van der Waals surface area (Å²) in [6, 6.07) is 16.3. The van der Waals surface area contributed by atoms with E-state index in [1.807, 2.05) is 56.5 Å². The number of aryl methyl sites for hydroxylation is 1. The number of fused-ring (bicyclic) bond motifs is 1. The highest BCUT2D eigenvalue weighted by Crippen LogP contribution is 2.25. The Hall–Kier alpha value is -2.95. The number of piperidine rings is 1. The van der Waals surface area contributed by atoms with E-state index in [-0.39, 0.29) is 0 Å². The summed E-state index contributed by atoms with van der Waals surface area (Å²) in [5, 5.41) is 5.39. The molecule has 0 aliphatic carbocycles. The Morgan fingerprint density at radius 2 is 1.75 bits per heavy atom. The number of nitrogens with zero attached hydrogens (tertiary/aromatic N) is 4. The van der Waals surface area contributed by atoms with Gasteiger partial charge in [0.2, 0.25) is 5.95 Å². The third-order valence-corrected chi connectivity index (χ3v) is 4.66. The van der Waals surface area contributed by atoms with Crippen LogP contribution >= 0.6 is 0 Å². The molecule has 1 aromatic heterocycles. The first-order chi connectivity index (χ1) is 13.8. The van der Waals surface area contributed by atoms with E-state index in [9.17, 15) is 0 Å². The highest BCUT2D eigenvalue weighted by atomic mass is 15.3. The van der Waals surface area contributed by atoms with Crippen molar-refractivity contribution < 1.29 is 0 Å². The fourth-order valence-corrected chi connectivity index (χ4v) is 3.30. The molecular weight excluding hydrogens is 346 g/mol. The summed E-state index contributed by atoms with van der Waals surface area (Å²) in [4.78, 5) is 11.8. The molecule has 0 amide bonds. The fourth-order valence-electron chi connectivity index (χ4n) is 3.30. The third kappa shape index (κ3) is 4.85. The molecule has 0 saturated carbocycles. The van der Waals surface area contributed by atoms with E-state index in [4.69, 9.17) is 9.97 Å². The van der Waals surface area contributed by atoms with Gasteiger partial charge in [-0.25, -0.2) is 4.98 Å². The Labute approximate surface area is 167 Å². The van der Waals surface area contributed by atoms with Gasteiger partial charge in [0.15, 0.2) is 5.82 Å². The van der Waals surface area contributed by atoms with Crippen molar-refractivity contribution in [3.05, 3.63) is 59.7 Å². The van der Waals surface area contributed by atoms with Gasteiger partial charge in [-0.3, -0.25) is 5.43 Å². The second-order valence-electron chi connectivity index (χ2n) is 6.72. The zero-order chi connectivity index (χ0) is 19.8. The summed E-state index contributed by atoms with van der Waals surface area (Å²) in [5.41, 5.74) is 6.35. The molecule has 146 valence electrons. The van der Waals surface area contributed by atoms with Gasteiger partial charge in [0.25, 0.3) is 0 Å². The second kappa shape index (κ2) is 9.83. The number of hydrogen-bond acceptors (Lipinski definition) is 5. The van der Waals surface area contributed by atoms with Crippen molar-refractivity contribution in [1.29, 1.82) is 0 Å². The van der Waals surface area contributed by atoms with E-state index in [0.29, 0.717) is 0 Å². The van der Waals surface area contributed by atoms with Gasteiger partial charge in [0, 0.05) is 18.5 Å². The highest BCUT2D eigenvalue weighted by molar-refractivity contribution is 5.90. The minimum absolute atomic E-state index is 0.750. The maximum atomic E-state index is 4.76. The molecule has 5 heteroatoms. The Morgan fingerprint density at radius 1 is 0.964 bits per heavy atom. The molecule has 1 aliphatic rings. The Morgan fingerprint density at radius 3 is 2.54 bits per heavy atom. The van der Waals surface area contributed by atoms with E-state index in [0.717, 1.165) is 41.3 Å². The maximum absolute atomic E-state index is 4.76. The van der Waals surface area contributed by atoms with Gasteiger partial charge in [-0.15, -0.1) is 0 Å². The van der Waals surface area contributed by atoms with Gasteiger partial charge in [-0.2, -0.15) is 10.1 Å². The van der Waals surface area contributed by atoms with E-state index < -0.39 is 0 Å². The SMILES string of the molecule is CC.Cc1cccc(/C=N/Nc2nc(N3CCCCC3)nc3ccccc23)c1. The number of aromatic nitrogens is 2. The fraction of sp³-hybridized carbons (Fsp3) is 0.348. The number of hydrogen-bond donors (Lipinski definition) is 1. The van der Waals surface area contributed by atoms with Gasteiger partial charge in [-0.1, -0.05) is 55.8 Å². The highest BCUT2D eigenvalue weighted by Gasteiger charge is 2.16. The first kappa shape index (κ1) is 19.8. The van der Waals surface area contributed by atoms with E-state index in [2.05, 4.69) is 34.5 Å². The monoisotopic (exact) mass is 375 g/mol. The van der Waals surface area contributed by atoms with Crippen molar-refractivity contribution >= 4 is 28.9 Å². The van der Waals surface area contributed by atoms with Crippen LogP contribution in [0, 0.1) is 6.92 Å². The molecule has 0 bridgehead atoms. The summed E-state index contributed by atoms with van der Waals surface area (Å²) in [7, 11) is 0. The number of para-hydroxylation sites is 1. The lowest BCUT2D eigenvalue weighted by Crippen LogP contribution is -2.31. The van der Waals surface area contributed by atoms with Crippen molar-refractivity contribution in [3.63, 3.8) is 0 Å². The molecular formula is C23H29N5. The molecule has 3 aromatic rings. The zero-order valence-corrected chi connectivity index (χ0v) is 17.0. The standard InChI is InChI=1S/C21H23N5.C2H6/c1-16-8-7-9-17(14-16)15-22-25-20-18-10-3-4-11-19(18)23-21(24-20)26-12-5-2-6-13-26;1-2/h3-4,7-11,14-15H,2,5-6,12-13H2,1H3,(H,23,24,25);1-2H3/b22-15+;. The zero-order valence-electron chi connectivity index (χ0n) is 17.0. The molecule has 1 fully saturated rings. The molecule has 0 atom stereocenters. The predicted molar refractivity (Wildman–Crippen MR) is 119 cm³/mol. The lowest BCUT2D eigenvalue weighted by molar-refractivity contribution is 0.569. The normalized spacial score (nSPS) is 14.0. The summed E-state index contributed by atoms with van der Waals surface area (Å²) in [6.45, 7) is 8.11. The largest absolute Gasteiger partial charge is 0.341 e. The first-order valence-corrected chi connectivity index (χ1v) is 10.2. The predicted octanol–water partition coefficient (Wildman–Crippen LogP) is 5.40. The van der Waals surface area contributed by atoms with Crippen molar-refractivity contribution in [2.45, 2.75) is 40.0 Å². The van der Waals surface area contributed by atoms with Crippen molar-refractivity contribution in [2.75, 3.05) is 23.4 Å². The molecule has 0 unspecified atom stereocenters. The summed E-state index contributed by atoms with van der Waals surface area (Å²) in [6.07, 6.45) is 5.51. The number of rotatable bonds is 4. The number of benzene rings is 2. The topological polar surface area (TPSA) is 53.4 Å². The second-order valence-corrected chi connectivity index (χ2v) is 6.72. The Balaban J connectivity index is 0.00000109. The van der Waals surface area contributed by atoms with Crippen LogP contribution in [0.3, 0.4) is 0 Å². The molecule has 2 aromatic carbocycles. The van der Waals surface area contributed by atoms with Gasteiger partial charge in [0.05, 0.1) is 11.7 Å². The molecule has 4 rings (SSSR count). The maximum Gasteiger partial charge on any atom is 0.227 e. The van der Waals surface area contributed by atoms with Crippen molar-refractivity contribution in [2.24, 2.45) is 5.10 Å². The molecule has 5 nitrogen and oxygen atoms in total.